The van der Waals surface area contributed by atoms with Crippen LogP contribution in [-0.2, 0) is 12.7 Å². The first-order valence-corrected chi connectivity index (χ1v) is 8.21. The van der Waals surface area contributed by atoms with Crippen molar-refractivity contribution >= 4 is 34.6 Å². The second-order valence-corrected chi connectivity index (χ2v) is 5.89. The van der Waals surface area contributed by atoms with E-state index >= 15 is 0 Å². The van der Waals surface area contributed by atoms with Gasteiger partial charge < -0.3 is 15.4 Å². The number of benzene rings is 2. The Bertz CT molecular complexity index is 736. The van der Waals surface area contributed by atoms with Crippen molar-refractivity contribution in [2.75, 3.05) is 11.9 Å². The molecule has 0 aliphatic heterocycles. The highest BCUT2D eigenvalue weighted by Gasteiger charge is 2.33. The van der Waals surface area contributed by atoms with Gasteiger partial charge in [0.2, 0.25) is 0 Å². The van der Waals surface area contributed by atoms with Crippen molar-refractivity contribution in [3.05, 3.63) is 58.6 Å². The average molecular weight is 389 g/mol. The lowest BCUT2D eigenvalue weighted by atomic mass is 10.2. The molecular formula is C17H16ClF3N2OS. The molecule has 0 saturated heterocycles. The van der Waals surface area contributed by atoms with Gasteiger partial charge in [0.05, 0.1) is 17.2 Å². The van der Waals surface area contributed by atoms with Crippen molar-refractivity contribution in [3.63, 3.8) is 0 Å². The van der Waals surface area contributed by atoms with Gasteiger partial charge in [-0.25, -0.2) is 0 Å². The van der Waals surface area contributed by atoms with Gasteiger partial charge in [0, 0.05) is 12.2 Å². The van der Waals surface area contributed by atoms with Crippen LogP contribution in [0.2, 0.25) is 5.02 Å². The summed E-state index contributed by atoms with van der Waals surface area (Å²) in [6.07, 6.45) is -4.52. The van der Waals surface area contributed by atoms with Crippen LogP contribution in [-0.4, -0.2) is 11.7 Å². The van der Waals surface area contributed by atoms with Crippen LogP contribution in [0.3, 0.4) is 0 Å². The van der Waals surface area contributed by atoms with E-state index in [9.17, 15) is 13.2 Å². The molecule has 2 aromatic rings. The van der Waals surface area contributed by atoms with Crippen molar-refractivity contribution in [3.8, 4) is 5.75 Å². The molecule has 0 fully saturated rings. The zero-order chi connectivity index (χ0) is 18.4. The van der Waals surface area contributed by atoms with E-state index in [4.69, 9.17) is 28.6 Å². The number of hydrogen-bond donors (Lipinski definition) is 2. The molecule has 2 aromatic carbocycles. The number of alkyl halides is 3. The van der Waals surface area contributed by atoms with Gasteiger partial charge in [0.25, 0.3) is 0 Å². The van der Waals surface area contributed by atoms with Crippen molar-refractivity contribution in [2.45, 2.75) is 19.6 Å². The standard InChI is InChI=1S/C17H16ClF3N2OS/c1-2-24-13-6-3-11(4-7-13)10-22-16(25)23-12-5-8-15(18)14(9-12)17(19,20)21/h3-9H,2,10H2,1H3,(H2,22,23,25). The van der Waals surface area contributed by atoms with E-state index in [1.165, 1.54) is 12.1 Å². The molecule has 0 aliphatic rings. The fraction of sp³-hybridized carbons (Fsp3) is 0.235. The summed E-state index contributed by atoms with van der Waals surface area (Å²) in [7, 11) is 0. The lowest BCUT2D eigenvalue weighted by molar-refractivity contribution is -0.137. The third-order valence-electron chi connectivity index (χ3n) is 3.22. The molecule has 0 spiro atoms. The molecule has 0 atom stereocenters. The van der Waals surface area contributed by atoms with Crippen LogP contribution in [0.1, 0.15) is 18.1 Å². The quantitative estimate of drug-likeness (QED) is 0.686. The SMILES string of the molecule is CCOc1ccc(CNC(=S)Nc2ccc(Cl)c(C(F)(F)F)c2)cc1. The van der Waals surface area contributed by atoms with Gasteiger partial charge in [-0.15, -0.1) is 0 Å². The first kappa shape index (κ1) is 19.3. The normalized spacial score (nSPS) is 11.1. The number of thiocarbonyl (C=S) groups is 1. The fourth-order valence-electron chi connectivity index (χ4n) is 2.05. The monoisotopic (exact) mass is 388 g/mol. The molecule has 8 heteroatoms. The maximum absolute atomic E-state index is 12.9. The van der Waals surface area contributed by atoms with Crippen LogP contribution in [0.15, 0.2) is 42.5 Å². The van der Waals surface area contributed by atoms with Gasteiger partial charge >= 0.3 is 6.18 Å². The molecule has 0 saturated carbocycles. The number of nitrogens with one attached hydrogen (secondary N) is 2. The number of rotatable bonds is 5. The molecule has 0 unspecified atom stereocenters. The van der Waals surface area contributed by atoms with Crippen LogP contribution in [0, 0.1) is 0 Å². The summed E-state index contributed by atoms with van der Waals surface area (Å²) in [4.78, 5) is 0. The highest BCUT2D eigenvalue weighted by atomic mass is 35.5. The van der Waals surface area contributed by atoms with Crippen LogP contribution >= 0.6 is 23.8 Å². The molecule has 3 nitrogen and oxygen atoms in total. The maximum atomic E-state index is 12.9. The van der Waals surface area contributed by atoms with Gasteiger partial charge in [-0.05, 0) is 55.0 Å². The van der Waals surface area contributed by atoms with Crippen molar-refractivity contribution < 1.29 is 17.9 Å². The summed E-state index contributed by atoms with van der Waals surface area (Å²) in [6, 6.07) is 11.0. The Balaban J connectivity index is 1.94. The summed E-state index contributed by atoms with van der Waals surface area (Å²) >= 11 is 10.7. The van der Waals surface area contributed by atoms with Crippen LogP contribution in [0.25, 0.3) is 0 Å². The average Bonchev–Trinajstić information content (AvgIpc) is 2.55. The van der Waals surface area contributed by atoms with E-state index < -0.39 is 11.7 Å². The predicted molar refractivity (Wildman–Crippen MR) is 97.1 cm³/mol. The summed E-state index contributed by atoms with van der Waals surface area (Å²) in [5.74, 6) is 0.771. The number of anilines is 1. The predicted octanol–water partition coefficient (Wildman–Crippen LogP) is 5.24. The zero-order valence-corrected chi connectivity index (χ0v) is 14.9. The zero-order valence-electron chi connectivity index (χ0n) is 13.3. The largest absolute Gasteiger partial charge is 0.494 e. The molecule has 2 N–H and O–H groups in total. The van der Waals surface area contributed by atoms with Gasteiger partial charge in [0.15, 0.2) is 5.11 Å². The van der Waals surface area contributed by atoms with Gasteiger partial charge in [-0.1, -0.05) is 23.7 Å². The maximum Gasteiger partial charge on any atom is 0.417 e. The minimum absolute atomic E-state index is 0.209. The third-order valence-corrected chi connectivity index (χ3v) is 3.79. The molecule has 0 heterocycles. The molecular weight excluding hydrogens is 373 g/mol. The Morgan fingerprint density at radius 2 is 1.84 bits per heavy atom. The molecule has 0 bridgehead atoms. The van der Waals surface area contributed by atoms with Crippen molar-refractivity contribution in [2.24, 2.45) is 0 Å². The van der Waals surface area contributed by atoms with E-state index in [-0.39, 0.29) is 15.8 Å². The second kappa shape index (κ2) is 8.40. The summed E-state index contributed by atoms with van der Waals surface area (Å²) in [6.45, 7) is 2.92. The minimum Gasteiger partial charge on any atom is -0.494 e. The Labute approximate surface area is 154 Å². The number of ether oxygens (including phenoxy) is 1. The Kier molecular flexibility index (Phi) is 6.50. The van der Waals surface area contributed by atoms with Gasteiger partial charge in [-0.2, -0.15) is 13.2 Å². The highest BCUT2D eigenvalue weighted by molar-refractivity contribution is 7.80. The number of hydrogen-bond acceptors (Lipinski definition) is 2. The third kappa shape index (κ3) is 5.79. The Morgan fingerprint density at radius 3 is 2.44 bits per heavy atom. The first-order chi connectivity index (χ1) is 11.8. The van der Waals surface area contributed by atoms with E-state index in [2.05, 4.69) is 10.6 Å². The van der Waals surface area contributed by atoms with Gasteiger partial charge in [0.1, 0.15) is 5.75 Å². The Hall–Kier alpha value is -1.99. The lowest BCUT2D eigenvalue weighted by Gasteiger charge is -2.14. The first-order valence-electron chi connectivity index (χ1n) is 7.43. The van der Waals surface area contributed by atoms with Crippen LogP contribution in [0.4, 0.5) is 18.9 Å². The Morgan fingerprint density at radius 1 is 1.16 bits per heavy atom. The van der Waals surface area contributed by atoms with Crippen molar-refractivity contribution in [1.82, 2.24) is 5.32 Å². The topological polar surface area (TPSA) is 33.3 Å². The summed E-state index contributed by atoms with van der Waals surface area (Å²) in [5, 5.41) is 5.51. The fourth-order valence-corrected chi connectivity index (χ4v) is 2.46. The van der Waals surface area contributed by atoms with E-state index in [1.54, 1.807) is 0 Å². The van der Waals surface area contributed by atoms with Gasteiger partial charge in [-0.3, -0.25) is 0 Å². The van der Waals surface area contributed by atoms with E-state index in [0.29, 0.717) is 13.2 Å². The van der Waals surface area contributed by atoms with E-state index in [1.807, 2.05) is 31.2 Å². The minimum atomic E-state index is -4.52. The second-order valence-electron chi connectivity index (χ2n) is 5.08. The molecule has 0 aromatic heterocycles. The van der Waals surface area contributed by atoms with Crippen molar-refractivity contribution in [1.29, 1.82) is 0 Å². The smallest absolute Gasteiger partial charge is 0.417 e. The molecule has 2 rings (SSSR count). The summed E-state index contributed by atoms with van der Waals surface area (Å²) < 4.78 is 43.9. The van der Waals surface area contributed by atoms with Crippen LogP contribution in [0.5, 0.6) is 5.75 Å². The molecule has 0 radical (unpaired) electrons. The molecule has 0 aliphatic carbocycles. The highest BCUT2D eigenvalue weighted by Crippen LogP contribution is 2.36. The lowest BCUT2D eigenvalue weighted by Crippen LogP contribution is -2.28. The van der Waals surface area contributed by atoms with E-state index in [0.717, 1.165) is 17.4 Å². The molecule has 25 heavy (non-hydrogen) atoms. The van der Waals surface area contributed by atoms with Crippen LogP contribution < -0.4 is 15.4 Å². The number of halogens is 4. The molecule has 0 amide bonds. The summed E-state index contributed by atoms with van der Waals surface area (Å²) in [5.41, 5.74) is 0.258. The molecule has 134 valence electrons.